The average Bonchev–Trinajstić information content (AvgIpc) is 2.49. The van der Waals surface area contributed by atoms with Gasteiger partial charge in [-0.1, -0.05) is 0 Å². The van der Waals surface area contributed by atoms with Gasteiger partial charge in [0.25, 0.3) is 0 Å². The van der Waals surface area contributed by atoms with Crippen LogP contribution < -0.4 is 4.72 Å². The minimum atomic E-state index is -5.59. The average molecular weight is 259 g/mol. The third kappa shape index (κ3) is 2.42. The Kier molecular flexibility index (Phi) is 2.81. The molecule has 16 heavy (non-hydrogen) atoms. The molecule has 11 heteroatoms. The Hall–Kier alpha value is -1.78. The van der Waals surface area contributed by atoms with Gasteiger partial charge >= 0.3 is 21.5 Å². The minimum Gasteiger partial charge on any atom is -0.477 e. The van der Waals surface area contributed by atoms with Gasteiger partial charge in [0.05, 0.1) is 0 Å². The van der Waals surface area contributed by atoms with E-state index in [4.69, 9.17) is 5.11 Å². The first-order valence-electron chi connectivity index (χ1n) is 3.51. The van der Waals surface area contributed by atoms with Gasteiger partial charge in [-0.2, -0.15) is 26.7 Å². The Morgan fingerprint density at radius 3 is 2.44 bits per heavy atom. The van der Waals surface area contributed by atoms with Crippen LogP contribution in [0, 0.1) is 0 Å². The molecule has 1 aromatic rings. The fourth-order valence-electron chi connectivity index (χ4n) is 0.679. The number of carbonyl (C=O) groups is 1. The van der Waals surface area contributed by atoms with Crippen molar-refractivity contribution in [3.63, 3.8) is 0 Å². The van der Waals surface area contributed by atoms with Crippen molar-refractivity contribution in [2.24, 2.45) is 0 Å². The number of nitrogens with zero attached hydrogens (tertiary/aromatic N) is 1. The highest BCUT2D eigenvalue weighted by molar-refractivity contribution is 7.93. The number of carboxylic acids is 1. The number of rotatable bonds is 3. The van der Waals surface area contributed by atoms with Gasteiger partial charge in [0.2, 0.25) is 0 Å². The van der Waals surface area contributed by atoms with Crippen LogP contribution in [0.2, 0.25) is 0 Å². The molecule has 1 aromatic heterocycles. The molecule has 0 fully saturated rings. The predicted molar refractivity (Wildman–Crippen MR) is 44.1 cm³/mol. The Labute approximate surface area is 86.3 Å². The smallest absolute Gasteiger partial charge is 0.477 e. The first-order valence-corrected chi connectivity index (χ1v) is 4.99. The first kappa shape index (κ1) is 12.3. The van der Waals surface area contributed by atoms with E-state index in [0.29, 0.717) is 6.07 Å². The summed E-state index contributed by atoms with van der Waals surface area (Å²) in [6, 6.07) is 0.617. The standard InChI is InChI=1S/C5H4F3N3O4S/c6-5(7,8)16(14,15)11-3-1-2(4(12)13)9-10-3/h1H,(H,12,13)(H2,9,10,11). The molecule has 0 aliphatic carbocycles. The molecule has 7 nitrogen and oxygen atoms in total. The molecule has 0 atom stereocenters. The topological polar surface area (TPSA) is 112 Å². The molecule has 0 spiro atoms. The van der Waals surface area contributed by atoms with Crippen molar-refractivity contribution in [2.75, 3.05) is 4.72 Å². The summed E-state index contributed by atoms with van der Waals surface area (Å²) < 4.78 is 57.8. The fourth-order valence-corrected chi connectivity index (χ4v) is 1.17. The number of nitrogens with one attached hydrogen (secondary N) is 2. The largest absolute Gasteiger partial charge is 0.516 e. The number of aromatic carboxylic acids is 1. The van der Waals surface area contributed by atoms with Crippen LogP contribution in [0.3, 0.4) is 0 Å². The highest BCUT2D eigenvalue weighted by Gasteiger charge is 2.46. The van der Waals surface area contributed by atoms with Crippen LogP contribution in [-0.2, 0) is 10.0 Å². The number of alkyl halides is 3. The molecule has 0 aromatic carbocycles. The normalized spacial score (nSPS) is 12.4. The van der Waals surface area contributed by atoms with E-state index in [0.717, 1.165) is 4.72 Å². The molecule has 3 N–H and O–H groups in total. The van der Waals surface area contributed by atoms with Crippen LogP contribution in [-0.4, -0.2) is 35.2 Å². The van der Waals surface area contributed by atoms with E-state index < -0.39 is 33.0 Å². The molecule has 0 saturated heterocycles. The molecular formula is C5H4F3N3O4S. The van der Waals surface area contributed by atoms with E-state index in [2.05, 4.69) is 5.10 Å². The molecule has 0 amide bonds. The van der Waals surface area contributed by atoms with Gasteiger partial charge in [-0.25, -0.2) is 4.79 Å². The van der Waals surface area contributed by atoms with E-state index in [9.17, 15) is 26.4 Å². The molecule has 0 bridgehead atoms. The Balaban J connectivity index is 2.94. The van der Waals surface area contributed by atoms with Crippen LogP contribution >= 0.6 is 0 Å². The van der Waals surface area contributed by atoms with Gasteiger partial charge in [0, 0.05) is 6.07 Å². The molecule has 90 valence electrons. The molecule has 0 radical (unpaired) electrons. The maximum atomic E-state index is 11.9. The number of aromatic nitrogens is 2. The zero-order chi connectivity index (χ0) is 12.6. The number of carboxylic acid groups (broad SMARTS) is 1. The SMILES string of the molecule is O=C(O)c1cc(NS(=O)(=O)C(F)(F)F)n[nH]1. The maximum Gasteiger partial charge on any atom is 0.516 e. The summed E-state index contributed by atoms with van der Waals surface area (Å²) in [6.07, 6.45) is 0. The monoisotopic (exact) mass is 259 g/mol. The van der Waals surface area contributed by atoms with Crippen LogP contribution in [0.1, 0.15) is 10.5 Å². The molecule has 0 aliphatic rings. The minimum absolute atomic E-state index is 0.542. The van der Waals surface area contributed by atoms with Crippen LogP contribution in [0.4, 0.5) is 19.0 Å². The number of anilines is 1. The molecular weight excluding hydrogens is 255 g/mol. The van der Waals surface area contributed by atoms with E-state index in [1.807, 2.05) is 5.10 Å². The molecule has 1 rings (SSSR count). The Morgan fingerprint density at radius 2 is 2.06 bits per heavy atom. The summed E-state index contributed by atoms with van der Waals surface area (Å²) in [5.74, 6) is -2.24. The number of hydrogen-bond acceptors (Lipinski definition) is 4. The Bertz CT molecular complexity index is 505. The van der Waals surface area contributed by atoms with Crippen LogP contribution in [0.25, 0.3) is 0 Å². The van der Waals surface area contributed by atoms with Crippen molar-refractivity contribution in [1.82, 2.24) is 10.2 Å². The second-order valence-corrected chi connectivity index (χ2v) is 4.20. The zero-order valence-corrected chi connectivity index (χ0v) is 8.06. The predicted octanol–water partition coefficient (Wildman–Crippen LogP) is 0.369. The van der Waals surface area contributed by atoms with Crippen molar-refractivity contribution in [1.29, 1.82) is 0 Å². The van der Waals surface area contributed by atoms with Crippen molar-refractivity contribution in [3.05, 3.63) is 11.8 Å². The van der Waals surface area contributed by atoms with Crippen LogP contribution in [0.5, 0.6) is 0 Å². The molecule has 1 heterocycles. The second kappa shape index (κ2) is 3.66. The van der Waals surface area contributed by atoms with E-state index in [1.165, 1.54) is 0 Å². The third-order valence-corrected chi connectivity index (χ3v) is 2.44. The molecule has 0 unspecified atom stereocenters. The Morgan fingerprint density at radius 1 is 1.50 bits per heavy atom. The van der Waals surface area contributed by atoms with E-state index in [-0.39, 0.29) is 0 Å². The summed E-state index contributed by atoms with van der Waals surface area (Å²) in [4.78, 5) is 10.3. The summed E-state index contributed by atoms with van der Waals surface area (Å²) in [7, 11) is -5.59. The highest BCUT2D eigenvalue weighted by atomic mass is 32.2. The van der Waals surface area contributed by atoms with Gasteiger partial charge in [-0.15, -0.1) is 0 Å². The second-order valence-electron chi connectivity index (χ2n) is 2.52. The van der Waals surface area contributed by atoms with Crippen molar-refractivity contribution >= 4 is 21.8 Å². The molecule has 0 aliphatic heterocycles. The summed E-state index contributed by atoms with van der Waals surface area (Å²) in [5, 5.41) is 13.3. The van der Waals surface area contributed by atoms with Crippen molar-refractivity contribution < 1.29 is 31.5 Å². The maximum absolute atomic E-state index is 11.9. The van der Waals surface area contributed by atoms with Gasteiger partial charge in [-0.3, -0.25) is 9.82 Å². The van der Waals surface area contributed by atoms with Crippen LogP contribution in [0.15, 0.2) is 6.07 Å². The van der Waals surface area contributed by atoms with E-state index in [1.54, 1.807) is 0 Å². The van der Waals surface area contributed by atoms with Crippen molar-refractivity contribution in [2.45, 2.75) is 5.51 Å². The highest BCUT2D eigenvalue weighted by Crippen LogP contribution is 2.24. The lowest BCUT2D eigenvalue weighted by Gasteiger charge is -2.07. The summed E-state index contributed by atoms with van der Waals surface area (Å²) >= 11 is 0. The van der Waals surface area contributed by atoms with Gasteiger partial charge < -0.3 is 5.11 Å². The number of aromatic amines is 1. The van der Waals surface area contributed by atoms with Gasteiger partial charge in [0.1, 0.15) is 5.69 Å². The van der Waals surface area contributed by atoms with Gasteiger partial charge in [-0.05, 0) is 0 Å². The lowest BCUT2D eigenvalue weighted by molar-refractivity contribution is -0.0429. The number of sulfonamides is 1. The van der Waals surface area contributed by atoms with Crippen molar-refractivity contribution in [3.8, 4) is 0 Å². The quantitative estimate of drug-likeness (QED) is 0.725. The van der Waals surface area contributed by atoms with Gasteiger partial charge in [0.15, 0.2) is 5.82 Å². The third-order valence-electron chi connectivity index (χ3n) is 1.35. The number of H-pyrrole nitrogens is 1. The lowest BCUT2D eigenvalue weighted by atomic mass is 10.4. The van der Waals surface area contributed by atoms with E-state index >= 15 is 0 Å². The first-order chi connectivity index (χ1) is 7.13. The number of hydrogen-bond donors (Lipinski definition) is 3. The number of halogens is 3. The fraction of sp³-hybridized carbons (Fsp3) is 0.200. The summed E-state index contributed by atoms with van der Waals surface area (Å²) in [5.41, 5.74) is -6.03. The zero-order valence-electron chi connectivity index (χ0n) is 7.24. The lowest BCUT2D eigenvalue weighted by Crippen LogP contribution is -2.30. The summed E-state index contributed by atoms with van der Waals surface area (Å²) in [6.45, 7) is 0. The molecule has 0 saturated carbocycles.